The molecule has 1 atom stereocenters. The van der Waals surface area contributed by atoms with E-state index in [0.29, 0.717) is 12.0 Å². The van der Waals surface area contributed by atoms with E-state index in [-0.39, 0.29) is 0 Å². The van der Waals surface area contributed by atoms with Crippen LogP contribution in [-0.2, 0) is 7.05 Å². The summed E-state index contributed by atoms with van der Waals surface area (Å²) in [5.41, 5.74) is 3.81. The van der Waals surface area contributed by atoms with Crippen molar-refractivity contribution in [1.82, 2.24) is 15.1 Å². The second-order valence-corrected chi connectivity index (χ2v) is 4.97. The molecule has 1 aromatic rings. The fraction of sp³-hybridized carbons (Fsp3) is 0.769. The summed E-state index contributed by atoms with van der Waals surface area (Å²) < 4.78 is 1.98. The standard InChI is InChI=1S/C13H25N3/c1-7-12(14-8-9(2)3)13-10(4)15-16(6)11(13)5/h9,12,14H,7-8H2,1-6H3. The third-order valence-electron chi connectivity index (χ3n) is 3.09. The highest BCUT2D eigenvalue weighted by atomic mass is 15.3. The molecule has 0 saturated carbocycles. The summed E-state index contributed by atoms with van der Waals surface area (Å²) in [4.78, 5) is 0. The second kappa shape index (κ2) is 5.48. The summed E-state index contributed by atoms with van der Waals surface area (Å²) in [6, 6.07) is 0.441. The van der Waals surface area contributed by atoms with Crippen LogP contribution in [0.4, 0.5) is 0 Å². The minimum atomic E-state index is 0.441. The molecule has 0 fully saturated rings. The van der Waals surface area contributed by atoms with E-state index >= 15 is 0 Å². The Balaban J connectivity index is 2.86. The zero-order valence-corrected chi connectivity index (χ0v) is 11.5. The SMILES string of the molecule is CCC(NCC(C)C)c1c(C)nn(C)c1C. The van der Waals surface area contributed by atoms with Crippen molar-refractivity contribution in [2.45, 2.75) is 47.1 Å². The highest BCUT2D eigenvalue weighted by Gasteiger charge is 2.18. The van der Waals surface area contributed by atoms with E-state index < -0.39 is 0 Å². The van der Waals surface area contributed by atoms with E-state index in [9.17, 15) is 0 Å². The molecular formula is C13H25N3. The molecule has 3 heteroatoms. The molecule has 1 N–H and O–H groups in total. The molecule has 0 aliphatic carbocycles. The second-order valence-electron chi connectivity index (χ2n) is 4.97. The minimum absolute atomic E-state index is 0.441. The average molecular weight is 223 g/mol. The van der Waals surface area contributed by atoms with Crippen molar-refractivity contribution in [2.24, 2.45) is 13.0 Å². The largest absolute Gasteiger partial charge is 0.310 e. The van der Waals surface area contributed by atoms with Crippen LogP contribution in [0.15, 0.2) is 0 Å². The molecule has 0 radical (unpaired) electrons. The van der Waals surface area contributed by atoms with E-state index in [1.807, 2.05) is 11.7 Å². The van der Waals surface area contributed by atoms with E-state index in [2.05, 4.69) is 45.0 Å². The van der Waals surface area contributed by atoms with Crippen LogP contribution in [0.5, 0.6) is 0 Å². The van der Waals surface area contributed by atoms with Gasteiger partial charge in [0.25, 0.3) is 0 Å². The van der Waals surface area contributed by atoms with Crippen molar-refractivity contribution in [1.29, 1.82) is 0 Å². The first-order valence-electron chi connectivity index (χ1n) is 6.20. The maximum atomic E-state index is 4.48. The molecule has 16 heavy (non-hydrogen) atoms. The number of nitrogens with zero attached hydrogens (tertiary/aromatic N) is 2. The van der Waals surface area contributed by atoms with Crippen LogP contribution in [0.1, 0.15) is 50.2 Å². The normalized spacial score (nSPS) is 13.4. The van der Waals surface area contributed by atoms with Gasteiger partial charge >= 0.3 is 0 Å². The van der Waals surface area contributed by atoms with E-state index in [1.165, 1.54) is 11.3 Å². The molecule has 1 unspecified atom stereocenters. The Bertz CT molecular complexity index is 339. The van der Waals surface area contributed by atoms with Gasteiger partial charge in [-0.1, -0.05) is 20.8 Å². The van der Waals surface area contributed by atoms with E-state index in [0.717, 1.165) is 18.7 Å². The lowest BCUT2D eigenvalue weighted by Crippen LogP contribution is -2.25. The van der Waals surface area contributed by atoms with Crippen molar-refractivity contribution in [2.75, 3.05) is 6.54 Å². The molecule has 3 nitrogen and oxygen atoms in total. The Kier molecular flexibility index (Phi) is 4.54. The molecule has 1 rings (SSSR count). The third-order valence-corrected chi connectivity index (χ3v) is 3.09. The van der Waals surface area contributed by atoms with Gasteiger partial charge < -0.3 is 5.32 Å². The van der Waals surface area contributed by atoms with Gasteiger partial charge in [0.05, 0.1) is 5.69 Å². The maximum Gasteiger partial charge on any atom is 0.0644 e. The molecular weight excluding hydrogens is 198 g/mol. The number of rotatable bonds is 5. The van der Waals surface area contributed by atoms with Crippen LogP contribution >= 0.6 is 0 Å². The van der Waals surface area contributed by atoms with Gasteiger partial charge in [-0.15, -0.1) is 0 Å². The summed E-state index contributed by atoms with van der Waals surface area (Å²) in [5.74, 6) is 0.686. The molecule has 92 valence electrons. The van der Waals surface area contributed by atoms with Gasteiger partial charge in [-0.2, -0.15) is 5.10 Å². The molecule has 0 aliphatic heterocycles. The maximum absolute atomic E-state index is 4.48. The molecule has 1 heterocycles. The predicted octanol–water partition coefficient (Wildman–Crippen LogP) is 2.73. The van der Waals surface area contributed by atoms with Crippen molar-refractivity contribution < 1.29 is 0 Å². The molecule has 0 aromatic carbocycles. The summed E-state index contributed by atoms with van der Waals surface area (Å²) in [5, 5.41) is 8.11. The molecule has 0 spiro atoms. The Morgan fingerprint density at radius 3 is 2.31 bits per heavy atom. The Hall–Kier alpha value is -0.830. The van der Waals surface area contributed by atoms with Gasteiger partial charge in [0, 0.05) is 24.3 Å². The van der Waals surface area contributed by atoms with Crippen LogP contribution < -0.4 is 5.32 Å². The van der Waals surface area contributed by atoms with Crippen molar-refractivity contribution >= 4 is 0 Å². The smallest absolute Gasteiger partial charge is 0.0644 e. The van der Waals surface area contributed by atoms with Crippen LogP contribution in [0.2, 0.25) is 0 Å². The number of hydrogen-bond acceptors (Lipinski definition) is 2. The predicted molar refractivity (Wildman–Crippen MR) is 68.6 cm³/mol. The quantitative estimate of drug-likeness (QED) is 0.832. The Morgan fingerprint density at radius 2 is 1.94 bits per heavy atom. The fourth-order valence-electron chi connectivity index (χ4n) is 2.12. The van der Waals surface area contributed by atoms with Gasteiger partial charge in [0.1, 0.15) is 0 Å². The molecule has 1 aromatic heterocycles. The lowest BCUT2D eigenvalue weighted by Gasteiger charge is -2.19. The zero-order valence-electron chi connectivity index (χ0n) is 11.5. The minimum Gasteiger partial charge on any atom is -0.310 e. The van der Waals surface area contributed by atoms with Crippen LogP contribution in [0, 0.1) is 19.8 Å². The van der Waals surface area contributed by atoms with Gasteiger partial charge in [0.2, 0.25) is 0 Å². The van der Waals surface area contributed by atoms with Gasteiger partial charge in [0.15, 0.2) is 0 Å². The van der Waals surface area contributed by atoms with Crippen molar-refractivity contribution in [3.8, 4) is 0 Å². The van der Waals surface area contributed by atoms with E-state index in [4.69, 9.17) is 0 Å². The fourth-order valence-corrected chi connectivity index (χ4v) is 2.12. The van der Waals surface area contributed by atoms with Gasteiger partial charge in [-0.05, 0) is 32.7 Å². The van der Waals surface area contributed by atoms with Crippen LogP contribution in [0.3, 0.4) is 0 Å². The van der Waals surface area contributed by atoms with Crippen molar-refractivity contribution in [3.63, 3.8) is 0 Å². The summed E-state index contributed by atoms with van der Waals surface area (Å²) >= 11 is 0. The first kappa shape index (κ1) is 13.2. The third kappa shape index (κ3) is 2.85. The lowest BCUT2D eigenvalue weighted by atomic mass is 10.0. The van der Waals surface area contributed by atoms with Crippen LogP contribution in [0.25, 0.3) is 0 Å². The first-order valence-corrected chi connectivity index (χ1v) is 6.20. The summed E-state index contributed by atoms with van der Waals surface area (Å²) in [6.07, 6.45) is 1.11. The highest BCUT2D eigenvalue weighted by Crippen LogP contribution is 2.23. The summed E-state index contributed by atoms with van der Waals surface area (Å²) in [6.45, 7) is 12.0. The monoisotopic (exact) mass is 223 g/mol. The van der Waals surface area contributed by atoms with Crippen molar-refractivity contribution in [3.05, 3.63) is 17.0 Å². The number of aryl methyl sites for hydroxylation is 2. The van der Waals surface area contributed by atoms with E-state index in [1.54, 1.807) is 0 Å². The first-order chi connectivity index (χ1) is 7.47. The number of aromatic nitrogens is 2. The van der Waals surface area contributed by atoms with Gasteiger partial charge in [-0.25, -0.2) is 0 Å². The molecule has 0 bridgehead atoms. The Labute approximate surface area is 99.2 Å². The number of nitrogens with one attached hydrogen (secondary N) is 1. The summed E-state index contributed by atoms with van der Waals surface area (Å²) in [7, 11) is 2.01. The molecule has 0 aliphatic rings. The van der Waals surface area contributed by atoms with Crippen LogP contribution in [-0.4, -0.2) is 16.3 Å². The van der Waals surface area contributed by atoms with Gasteiger partial charge in [-0.3, -0.25) is 4.68 Å². The number of hydrogen-bond donors (Lipinski definition) is 1. The molecule has 0 saturated heterocycles. The lowest BCUT2D eigenvalue weighted by molar-refractivity contribution is 0.462. The average Bonchev–Trinajstić information content (AvgIpc) is 2.45. The topological polar surface area (TPSA) is 29.9 Å². The Morgan fingerprint density at radius 1 is 1.31 bits per heavy atom. The zero-order chi connectivity index (χ0) is 12.3. The molecule has 0 amide bonds. The highest BCUT2D eigenvalue weighted by molar-refractivity contribution is 5.28.